The maximum Gasteiger partial charge on any atom is 0.250 e. The fourth-order valence-electron chi connectivity index (χ4n) is 2.23. The monoisotopic (exact) mass is 243 g/mol. The summed E-state index contributed by atoms with van der Waals surface area (Å²) in [5.74, 6) is 1.24. The molecule has 0 saturated carbocycles. The van der Waals surface area contributed by atoms with Gasteiger partial charge in [-0.3, -0.25) is 0 Å². The number of benzene rings is 1. The lowest BCUT2D eigenvalue weighted by Gasteiger charge is -1.97. The van der Waals surface area contributed by atoms with Gasteiger partial charge in [0, 0.05) is 30.6 Å². The molecule has 5 heteroatoms. The van der Waals surface area contributed by atoms with Crippen LogP contribution in [-0.4, -0.2) is 19.9 Å². The molecular weight excluding hydrogens is 230 g/mol. The number of phenolic OH excluding ortho intramolecular Hbond substituents is 1. The van der Waals surface area contributed by atoms with E-state index in [9.17, 15) is 5.11 Å². The summed E-state index contributed by atoms with van der Waals surface area (Å²) < 4.78 is 7.54. The first-order chi connectivity index (χ1) is 8.58. The number of hydrogen-bond acceptors (Lipinski definition) is 4. The zero-order chi connectivity index (χ0) is 12.9. The third-order valence-corrected chi connectivity index (χ3v) is 3.22. The third kappa shape index (κ3) is 1.40. The van der Waals surface area contributed by atoms with E-state index in [4.69, 9.17) is 4.42 Å². The topological polar surface area (TPSA) is 64.1 Å². The van der Waals surface area contributed by atoms with Gasteiger partial charge in [0.05, 0.1) is 5.56 Å². The van der Waals surface area contributed by atoms with Gasteiger partial charge in [0.1, 0.15) is 5.75 Å². The van der Waals surface area contributed by atoms with Gasteiger partial charge in [0.2, 0.25) is 11.8 Å². The highest BCUT2D eigenvalue weighted by molar-refractivity contribution is 5.96. The molecule has 3 rings (SSSR count). The first kappa shape index (κ1) is 10.8. The molecule has 0 unspecified atom stereocenters. The van der Waals surface area contributed by atoms with Crippen molar-refractivity contribution in [3.63, 3.8) is 0 Å². The molecule has 0 spiro atoms. The summed E-state index contributed by atoms with van der Waals surface area (Å²) in [7, 11) is 1.97. The second-order valence-electron chi connectivity index (χ2n) is 4.35. The maximum absolute atomic E-state index is 9.63. The predicted molar refractivity (Wildman–Crippen MR) is 67.3 cm³/mol. The number of phenols is 1. The third-order valence-electron chi connectivity index (χ3n) is 3.22. The van der Waals surface area contributed by atoms with E-state index in [1.54, 1.807) is 19.1 Å². The van der Waals surface area contributed by atoms with E-state index in [0.717, 1.165) is 22.2 Å². The van der Waals surface area contributed by atoms with Crippen LogP contribution in [0.15, 0.2) is 22.6 Å². The van der Waals surface area contributed by atoms with Crippen molar-refractivity contribution in [2.24, 2.45) is 7.05 Å². The van der Waals surface area contributed by atoms with Crippen LogP contribution in [0.1, 0.15) is 11.6 Å². The minimum absolute atomic E-state index is 0.227. The van der Waals surface area contributed by atoms with Gasteiger partial charge < -0.3 is 14.1 Å². The van der Waals surface area contributed by atoms with Gasteiger partial charge in [-0.25, -0.2) is 0 Å². The molecule has 1 N–H and O–H groups in total. The molecule has 0 amide bonds. The smallest absolute Gasteiger partial charge is 0.250 e. The summed E-state index contributed by atoms with van der Waals surface area (Å²) in [5, 5.41) is 18.5. The average Bonchev–Trinajstić information content (AvgIpc) is 2.84. The Hall–Kier alpha value is -2.30. The van der Waals surface area contributed by atoms with Crippen molar-refractivity contribution in [2.45, 2.75) is 13.8 Å². The minimum atomic E-state index is 0.227. The molecule has 0 atom stereocenters. The summed E-state index contributed by atoms with van der Waals surface area (Å²) in [6, 6.07) is 5.27. The molecule has 0 aliphatic rings. The lowest BCUT2D eigenvalue weighted by Crippen LogP contribution is -1.90. The Morgan fingerprint density at radius 1 is 1.22 bits per heavy atom. The Bertz CT molecular complexity index is 740. The number of aromatic hydroxyl groups is 1. The highest BCUT2D eigenvalue weighted by atomic mass is 16.4. The fourth-order valence-corrected chi connectivity index (χ4v) is 2.23. The van der Waals surface area contributed by atoms with E-state index < -0.39 is 0 Å². The zero-order valence-electron chi connectivity index (χ0n) is 10.4. The Morgan fingerprint density at radius 2 is 2.00 bits per heavy atom. The Morgan fingerprint density at radius 3 is 2.67 bits per heavy atom. The second kappa shape index (κ2) is 3.60. The lowest BCUT2D eigenvalue weighted by atomic mass is 10.1. The van der Waals surface area contributed by atoms with Gasteiger partial charge >= 0.3 is 0 Å². The standard InChI is InChI=1S/C13H13N3O2/c1-7-12(13-15-14-8(2)18-13)10-6-9(17)4-5-11(10)16(7)3/h4-6,17H,1-3H3. The van der Waals surface area contributed by atoms with Crippen LogP contribution < -0.4 is 0 Å². The largest absolute Gasteiger partial charge is 0.508 e. The number of aryl methyl sites for hydroxylation is 2. The molecule has 0 bridgehead atoms. The van der Waals surface area contributed by atoms with E-state index in [-0.39, 0.29) is 5.75 Å². The summed E-state index contributed by atoms with van der Waals surface area (Å²) in [6.07, 6.45) is 0. The Balaban J connectivity index is 2.40. The second-order valence-corrected chi connectivity index (χ2v) is 4.35. The summed E-state index contributed by atoms with van der Waals surface area (Å²) in [4.78, 5) is 0. The molecule has 1 aromatic carbocycles. The van der Waals surface area contributed by atoms with Crippen LogP contribution in [0, 0.1) is 13.8 Å². The van der Waals surface area contributed by atoms with Crippen molar-refractivity contribution in [2.75, 3.05) is 0 Å². The van der Waals surface area contributed by atoms with Gasteiger partial charge in [0.15, 0.2) is 0 Å². The molecule has 2 heterocycles. The SMILES string of the molecule is Cc1nnc(-c2c(C)n(C)c3ccc(O)cc23)o1. The minimum Gasteiger partial charge on any atom is -0.508 e. The van der Waals surface area contributed by atoms with E-state index >= 15 is 0 Å². The Kier molecular flexibility index (Phi) is 2.16. The maximum atomic E-state index is 9.63. The summed E-state index contributed by atoms with van der Waals surface area (Å²) in [5.41, 5.74) is 2.93. The number of fused-ring (bicyclic) bond motifs is 1. The molecule has 0 aliphatic heterocycles. The van der Waals surface area contributed by atoms with Gasteiger partial charge in [0.25, 0.3) is 0 Å². The van der Waals surface area contributed by atoms with Crippen LogP contribution in [0.5, 0.6) is 5.75 Å². The first-order valence-corrected chi connectivity index (χ1v) is 5.66. The van der Waals surface area contributed by atoms with Crippen LogP contribution in [0.3, 0.4) is 0 Å². The highest BCUT2D eigenvalue weighted by Gasteiger charge is 2.18. The number of nitrogens with zero attached hydrogens (tertiary/aromatic N) is 3. The molecule has 0 saturated heterocycles. The molecule has 0 radical (unpaired) electrons. The molecule has 5 nitrogen and oxygen atoms in total. The van der Waals surface area contributed by atoms with Gasteiger partial charge in [-0.15, -0.1) is 10.2 Å². The van der Waals surface area contributed by atoms with Crippen molar-refractivity contribution in [1.82, 2.24) is 14.8 Å². The van der Waals surface area contributed by atoms with Crippen molar-refractivity contribution < 1.29 is 9.52 Å². The van der Waals surface area contributed by atoms with Crippen molar-refractivity contribution >= 4 is 10.9 Å². The van der Waals surface area contributed by atoms with Crippen LogP contribution in [0.4, 0.5) is 0 Å². The molecule has 0 aliphatic carbocycles. The first-order valence-electron chi connectivity index (χ1n) is 5.66. The van der Waals surface area contributed by atoms with Crippen LogP contribution >= 0.6 is 0 Å². The van der Waals surface area contributed by atoms with Crippen molar-refractivity contribution in [1.29, 1.82) is 0 Å². The number of aromatic nitrogens is 3. The van der Waals surface area contributed by atoms with Gasteiger partial charge in [-0.1, -0.05) is 0 Å². The van der Waals surface area contributed by atoms with Gasteiger partial charge in [-0.2, -0.15) is 0 Å². The number of hydrogen-bond donors (Lipinski definition) is 1. The van der Waals surface area contributed by atoms with E-state index in [0.29, 0.717) is 11.8 Å². The van der Waals surface area contributed by atoms with Crippen LogP contribution in [0.2, 0.25) is 0 Å². The highest BCUT2D eigenvalue weighted by Crippen LogP contribution is 2.34. The van der Waals surface area contributed by atoms with Crippen molar-refractivity contribution in [3.05, 3.63) is 29.8 Å². The molecule has 2 aromatic heterocycles. The fraction of sp³-hybridized carbons (Fsp3) is 0.231. The summed E-state index contributed by atoms with van der Waals surface area (Å²) >= 11 is 0. The van der Waals surface area contributed by atoms with Crippen LogP contribution in [-0.2, 0) is 7.05 Å². The zero-order valence-corrected chi connectivity index (χ0v) is 10.4. The Labute approximate surface area is 104 Å². The molecule has 18 heavy (non-hydrogen) atoms. The predicted octanol–water partition coefficient (Wildman–Crippen LogP) is 2.55. The van der Waals surface area contributed by atoms with Crippen molar-refractivity contribution in [3.8, 4) is 17.2 Å². The average molecular weight is 243 g/mol. The molecule has 3 aromatic rings. The van der Waals surface area contributed by atoms with Gasteiger partial charge in [-0.05, 0) is 25.1 Å². The van der Waals surface area contributed by atoms with Crippen LogP contribution in [0.25, 0.3) is 22.4 Å². The molecule has 0 fully saturated rings. The normalized spacial score (nSPS) is 11.3. The summed E-state index contributed by atoms with van der Waals surface area (Å²) in [6.45, 7) is 3.75. The molecular formula is C13H13N3O2. The van der Waals surface area contributed by atoms with E-state index in [2.05, 4.69) is 10.2 Å². The molecule has 92 valence electrons. The van der Waals surface area contributed by atoms with E-state index in [1.165, 1.54) is 0 Å². The van der Waals surface area contributed by atoms with E-state index in [1.807, 2.05) is 24.6 Å². The number of rotatable bonds is 1. The quantitative estimate of drug-likeness (QED) is 0.713. The lowest BCUT2D eigenvalue weighted by molar-refractivity contribution is 0.476.